The van der Waals surface area contributed by atoms with Crippen LogP contribution in [0.1, 0.15) is 61.4 Å². The van der Waals surface area contributed by atoms with Crippen molar-refractivity contribution in [1.82, 2.24) is 9.80 Å². The van der Waals surface area contributed by atoms with Gasteiger partial charge in [-0.05, 0) is 46.9 Å². The van der Waals surface area contributed by atoms with Crippen molar-refractivity contribution in [3.63, 3.8) is 0 Å². The van der Waals surface area contributed by atoms with Gasteiger partial charge < -0.3 is 14.5 Å². The summed E-state index contributed by atoms with van der Waals surface area (Å²) in [5, 5.41) is 2.78. The number of carbonyl (C=O) groups excluding carboxylic acids is 2. The van der Waals surface area contributed by atoms with Gasteiger partial charge in [0.15, 0.2) is 5.17 Å². The third kappa shape index (κ3) is 4.48. The number of amidine groups is 1. The minimum Gasteiger partial charge on any atom is -0.466 e. The van der Waals surface area contributed by atoms with E-state index in [1.54, 1.807) is 0 Å². The van der Waals surface area contributed by atoms with Crippen LogP contribution in [-0.4, -0.2) is 40.5 Å². The third-order valence-electron chi connectivity index (χ3n) is 7.14. The molecule has 3 aliphatic heterocycles. The number of hydrogen-bond donors (Lipinski definition) is 0. The molecule has 0 saturated heterocycles. The molecule has 36 heavy (non-hydrogen) atoms. The number of allylic oxidation sites excluding steroid dienone is 1. The van der Waals surface area contributed by atoms with Crippen LogP contribution in [0.5, 0.6) is 0 Å². The lowest BCUT2D eigenvalue weighted by Crippen LogP contribution is -2.40. The van der Waals surface area contributed by atoms with Gasteiger partial charge in [-0.2, -0.15) is 0 Å². The van der Waals surface area contributed by atoms with E-state index in [9.17, 15) is 9.59 Å². The summed E-state index contributed by atoms with van der Waals surface area (Å²) in [7, 11) is 1.40. The van der Waals surface area contributed by atoms with Crippen molar-refractivity contribution < 1.29 is 14.3 Å². The Kier molecular flexibility index (Phi) is 6.75. The summed E-state index contributed by atoms with van der Waals surface area (Å²) in [6.07, 6.45) is 1.12. The fraction of sp³-hybridized carbons (Fsp3) is 0.345. The van der Waals surface area contributed by atoms with Crippen LogP contribution in [0.25, 0.3) is 0 Å². The SMILES string of the molecule is COC(=O)C1=C(C)N=C2SC=C(CC(=O)N3CCc4ccccc4C3)N2C1c1ccc(C(C)C)cc1. The molecule has 1 amide bonds. The lowest BCUT2D eigenvalue weighted by Gasteiger charge is -2.37. The van der Waals surface area contributed by atoms with Crippen LogP contribution in [0.2, 0.25) is 0 Å². The van der Waals surface area contributed by atoms with E-state index in [1.165, 1.54) is 35.6 Å². The second-order valence-electron chi connectivity index (χ2n) is 9.72. The molecule has 5 rings (SSSR count). The van der Waals surface area contributed by atoms with Gasteiger partial charge in [0.05, 0.1) is 30.8 Å². The number of esters is 1. The second-order valence-corrected chi connectivity index (χ2v) is 10.6. The first-order chi connectivity index (χ1) is 17.4. The fourth-order valence-corrected chi connectivity index (χ4v) is 6.06. The molecule has 2 aromatic rings. The van der Waals surface area contributed by atoms with Gasteiger partial charge in [0.25, 0.3) is 0 Å². The van der Waals surface area contributed by atoms with Crippen molar-refractivity contribution in [3.05, 3.63) is 93.2 Å². The number of nitrogens with zero attached hydrogens (tertiary/aromatic N) is 3. The Bertz CT molecular complexity index is 1290. The molecule has 0 aromatic heterocycles. The van der Waals surface area contributed by atoms with Crippen molar-refractivity contribution in [2.75, 3.05) is 13.7 Å². The molecule has 3 aliphatic rings. The van der Waals surface area contributed by atoms with E-state index in [0.29, 0.717) is 30.3 Å². The lowest BCUT2D eigenvalue weighted by molar-refractivity contribution is -0.136. The van der Waals surface area contributed by atoms with Crippen LogP contribution in [0.4, 0.5) is 0 Å². The van der Waals surface area contributed by atoms with Gasteiger partial charge in [-0.25, -0.2) is 9.79 Å². The summed E-state index contributed by atoms with van der Waals surface area (Å²) < 4.78 is 5.17. The minimum absolute atomic E-state index is 0.0809. The summed E-state index contributed by atoms with van der Waals surface area (Å²) in [6, 6.07) is 16.3. The summed E-state index contributed by atoms with van der Waals surface area (Å²) in [5.41, 5.74) is 6.74. The topological polar surface area (TPSA) is 62.2 Å². The van der Waals surface area contributed by atoms with Gasteiger partial charge in [-0.1, -0.05) is 74.1 Å². The maximum Gasteiger partial charge on any atom is 0.338 e. The molecular formula is C29H31N3O3S. The first-order valence-electron chi connectivity index (χ1n) is 12.3. The number of aliphatic imine (C=N–C) groups is 1. The fourth-order valence-electron chi connectivity index (χ4n) is 5.09. The summed E-state index contributed by atoms with van der Waals surface area (Å²) >= 11 is 1.50. The zero-order valence-corrected chi connectivity index (χ0v) is 22.0. The molecule has 2 aromatic carbocycles. The molecule has 0 N–H and O–H groups in total. The molecule has 0 radical (unpaired) electrons. The van der Waals surface area contributed by atoms with Crippen LogP contribution in [0.15, 0.2) is 75.9 Å². The number of methoxy groups -OCH3 is 1. The molecule has 0 saturated carbocycles. The Labute approximate surface area is 216 Å². The van der Waals surface area contributed by atoms with E-state index in [-0.39, 0.29) is 12.3 Å². The first-order valence-corrected chi connectivity index (χ1v) is 13.2. The normalized spacial score (nSPS) is 19.1. The van der Waals surface area contributed by atoms with Crippen LogP contribution >= 0.6 is 11.8 Å². The minimum atomic E-state index is -0.401. The standard InChI is InChI=1S/C29H31N3O3S/c1-18(2)20-9-11-22(12-10-20)27-26(28(34)35-4)19(3)30-29-32(27)24(17-36-29)15-25(33)31-14-13-21-7-5-6-8-23(21)16-31/h5-12,17-18,27H,13-16H2,1-4H3. The molecule has 7 heteroatoms. The predicted octanol–water partition coefficient (Wildman–Crippen LogP) is 5.53. The number of rotatable bonds is 5. The number of carbonyl (C=O) groups is 2. The zero-order valence-electron chi connectivity index (χ0n) is 21.2. The molecule has 3 heterocycles. The first kappa shape index (κ1) is 24.4. The molecule has 0 fully saturated rings. The number of amides is 1. The molecule has 1 atom stereocenters. The van der Waals surface area contributed by atoms with Crippen molar-refractivity contribution >= 4 is 28.8 Å². The van der Waals surface area contributed by atoms with Gasteiger partial charge in [0.2, 0.25) is 5.91 Å². The van der Waals surface area contributed by atoms with E-state index >= 15 is 0 Å². The molecular weight excluding hydrogens is 470 g/mol. The van der Waals surface area contributed by atoms with Crippen LogP contribution < -0.4 is 0 Å². The quantitative estimate of drug-likeness (QED) is 0.504. The number of hydrogen-bond acceptors (Lipinski definition) is 6. The highest BCUT2D eigenvalue weighted by atomic mass is 32.2. The van der Waals surface area contributed by atoms with Gasteiger partial charge in [-0.15, -0.1) is 0 Å². The van der Waals surface area contributed by atoms with E-state index in [2.05, 4.69) is 56.3 Å². The molecule has 0 aliphatic carbocycles. The average Bonchev–Trinajstić information content (AvgIpc) is 3.28. The third-order valence-corrected chi connectivity index (χ3v) is 8.03. The monoisotopic (exact) mass is 501 g/mol. The van der Waals surface area contributed by atoms with E-state index in [0.717, 1.165) is 22.8 Å². The number of fused-ring (bicyclic) bond motifs is 2. The summed E-state index contributed by atoms with van der Waals surface area (Å²) in [5.74, 6) is 0.0887. The second kappa shape index (κ2) is 9.97. The maximum atomic E-state index is 13.4. The molecule has 1 unspecified atom stereocenters. The zero-order chi connectivity index (χ0) is 25.4. The number of ether oxygens (including phenoxy) is 1. The van der Waals surface area contributed by atoms with E-state index in [4.69, 9.17) is 9.73 Å². The van der Waals surface area contributed by atoms with Crippen LogP contribution in [0.3, 0.4) is 0 Å². The van der Waals surface area contributed by atoms with Crippen molar-refractivity contribution in [2.24, 2.45) is 4.99 Å². The maximum absolute atomic E-state index is 13.4. The van der Waals surface area contributed by atoms with E-state index < -0.39 is 12.0 Å². The number of thioether (sulfide) groups is 1. The molecule has 186 valence electrons. The van der Waals surface area contributed by atoms with Gasteiger partial charge >= 0.3 is 5.97 Å². The highest BCUT2D eigenvalue weighted by molar-refractivity contribution is 8.16. The largest absolute Gasteiger partial charge is 0.466 e. The van der Waals surface area contributed by atoms with Crippen molar-refractivity contribution in [3.8, 4) is 0 Å². The van der Waals surface area contributed by atoms with Crippen molar-refractivity contribution in [2.45, 2.75) is 52.1 Å². The molecule has 6 nitrogen and oxygen atoms in total. The van der Waals surface area contributed by atoms with Crippen LogP contribution in [0, 0.1) is 0 Å². The average molecular weight is 502 g/mol. The Morgan fingerprint density at radius 3 is 2.53 bits per heavy atom. The molecule has 0 bridgehead atoms. The van der Waals surface area contributed by atoms with Gasteiger partial charge in [0, 0.05) is 18.8 Å². The highest BCUT2D eigenvalue weighted by Gasteiger charge is 2.41. The van der Waals surface area contributed by atoms with Crippen molar-refractivity contribution in [1.29, 1.82) is 0 Å². The van der Waals surface area contributed by atoms with Gasteiger partial charge in [-0.3, -0.25) is 4.79 Å². The summed E-state index contributed by atoms with van der Waals surface area (Å²) in [6.45, 7) is 7.51. The Morgan fingerprint density at radius 1 is 1.11 bits per heavy atom. The van der Waals surface area contributed by atoms with Gasteiger partial charge in [0.1, 0.15) is 0 Å². The summed E-state index contributed by atoms with van der Waals surface area (Å²) in [4.78, 5) is 35.1. The number of benzene rings is 2. The molecule has 0 spiro atoms. The Balaban J connectivity index is 1.44. The predicted molar refractivity (Wildman–Crippen MR) is 143 cm³/mol. The Hall–Kier alpha value is -3.32. The smallest absolute Gasteiger partial charge is 0.338 e. The Morgan fingerprint density at radius 2 is 1.83 bits per heavy atom. The van der Waals surface area contributed by atoms with Crippen LogP contribution in [-0.2, 0) is 27.3 Å². The lowest BCUT2D eigenvalue weighted by atomic mass is 9.92. The highest BCUT2D eigenvalue weighted by Crippen LogP contribution is 2.45. The van der Waals surface area contributed by atoms with E-state index in [1.807, 2.05) is 28.2 Å².